The number of allylic oxidation sites excluding steroid dienone is 2. The Labute approximate surface area is 166 Å². The number of nitrogens with zero attached hydrogens (tertiary/aromatic N) is 2. The summed E-state index contributed by atoms with van der Waals surface area (Å²) in [4.78, 5) is 19.5. The molecule has 1 amide bonds. The van der Waals surface area contributed by atoms with Crippen LogP contribution in [-0.4, -0.2) is 28.9 Å². The normalized spacial score (nSPS) is 26.1. The fourth-order valence-corrected chi connectivity index (χ4v) is 5.07. The molecule has 1 aromatic carbocycles. The molecule has 0 bridgehead atoms. The summed E-state index contributed by atoms with van der Waals surface area (Å²) >= 11 is 0. The average molecular weight is 374 g/mol. The molecule has 1 fully saturated rings. The molecule has 1 aromatic heterocycles. The molecule has 3 aliphatic rings. The van der Waals surface area contributed by atoms with Gasteiger partial charge in [0.2, 0.25) is 0 Å². The Hall–Kier alpha value is -2.62. The van der Waals surface area contributed by atoms with Gasteiger partial charge in [0.05, 0.1) is 6.04 Å². The van der Waals surface area contributed by atoms with Crippen LogP contribution in [0.1, 0.15) is 65.5 Å². The number of benzene rings is 1. The van der Waals surface area contributed by atoms with Gasteiger partial charge in [-0.2, -0.15) is 0 Å². The van der Waals surface area contributed by atoms with Gasteiger partial charge in [-0.1, -0.05) is 31.1 Å². The van der Waals surface area contributed by atoms with Crippen LogP contribution in [0.15, 0.2) is 54.9 Å². The number of amides is 1. The van der Waals surface area contributed by atoms with Gasteiger partial charge in [-0.15, -0.1) is 0 Å². The SMILES string of the molecule is O=C(c1ccc2c(c1)C1C=CCC1C(c1cccnc1)N2)N1CCCCCC1. The minimum absolute atomic E-state index is 0.192. The van der Waals surface area contributed by atoms with Crippen LogP contribution < -0.4 is 5.32 Å². The second-order valence-electron chi connectivity index (χ2n) is 8.27. The van der Waals surface area contributed by atoms with E-state index in [0.29, 0.717) is 11.8 Å². The highest BCUT2D eigenvalue weighted by atomic mass is 16.2. The van der Waals surface area contributed by atoms with Crippen molar-refractivity contribution in [1.29, 1.82) is 0 Å². The van der Waals surface area contributed by atoms with Crippen molar-refractivity contribution < 1.29 is 4.79 Å². The van der Waals surface area contributed by atoms with E-state index in [4.69, 9.17) is 0 Å². The van der Waals surface area contributed by atoms with Crippen molar-refractivity contribution in [2.45, 2.75) is 44.1 Å². The number of likely N-dealkylation sites (tertiary alicyclic amines) is 1. The highest BCUT2D eigenvalue weighted by molar-refractivity contribution is 5.95. The van der Waals surface area contributed by atoms with Crippen molar-refractivity contribution in [1.82, 2.24) is 9.88 Å². The van der Waals surface area contributed by atoms with Crippen molar-refractivity contribution in [2.75, 3.05) is 18.4 Å². The lowest BCUT2D eigenvalue weighted by molar-refractivity contribution is 0.0761. The number of pyridine rings is 1. The molecule has 144 valence electrons. The molecular formula is C24H27N3O. The van der Waals surface area contributed by atoms with Crippen LogP contribution in [0.4, 0.5) is 5.69 Å². The predicted molar refractivity (Wildman–Crippen MR) is 111 cm³/mol. The number of hydrogen-bond donors (Lipinski definition) is 1. The zero-order valence-corrected chi connectivity index (χ0v) is 16.2. The number of nitrogens with one attached hydrogen (secondary N) is 1. The van der Waals surface area contributed by atoms with Crippen molar-refractivity contribution in [2.24, 2.45) is 5.92 Å². The van der Waals surface area contributed by atoms with Crippen LogP contribution in [0.25, 0.3) is 0 Å². The summed E-state index contributed by atoms with van der Waals surface area (Å²) in [6.45, 7) is 1.78. The van der Waals surface area contributed by atoms with Gasteiger partial charge in [0.15, 0.2) is 0 Å². The van der Waals surface area contributed by atoms with E-state index >= 15 is 0 Å². The monoisotopic (exact) mass is 373 g/mol. The fourth-order valence-electron chi connectivity index (χ4n) is 5.07. The van der Waals surface area contributed by atoms with E-state index in [-0.39, 0.29) is 11.9 Å². The molecule has 2 aliphatic heterocycles. The summed E-state index contributed by atoms with van der Waals surface area (Å²) in [6, 6.07) is 10.7. The van der Waals surface area contributed by atoms with Gasteiger partial charge in [-0.25, -0.2) is 0 Å². The maximum absolute atomic E-state index is 13.1. The third-order valence-electron chi connectivity index (χ3n) is 6.55. The summed E-state index contributed by atoms with van der Waals surface area (Å²) in [5, 5.41) is 3.74. The van der Waals surface area contributed by atoms with Gasteiger partial charge in [-0.05, 0) is 60.6 Å². The maximum Gasteiger partial charge on any atom is 0.253 e. The summed E-state index contributed by atoms with van der Waals surface area (Å²) in [5.74, 6) is 1.02. The van der Waals surface area contributed by atoms with Crippen LogP contribution >= 0.6 is 0 Å². The summed E-state index contributed by atoms with van der Waals surface area (Å²) in [6.07, 6.45) is 14.2. The van der Waals surface area contributed by atoms with Crippen molar-refractivity contribution in [3.05, 3.63) is 71.6 Å². The molecule has 3 atom stereocenters. The maximum atomic E-state index is 13.1. The molecule has 3 unspecified atom stereocenters. The number of rotatable bonds is 2. The van der Waals surface area contributed by atoms with Crippen molar-refractivity contribution >= 4 is 11.6 Å². The molecule has 4 heteroatoms. The van der Waals surface area contributed by atoms with Gasteiger partial charge in [0, 0.05) is 42.7 Å². The average Bonchev–Trinajstić information content (AvgIpc) is 3.08. The number of carbonyl (C=O) groups excluding carboxylic acids is 1. The van der Waals surface area contributed by atoms with E-state index in [1.165, 1.54) is 24.0 Å². The molecule has 1 aliphatic carbocycles. The molecule has 0 radical (unpaired) electrons. The minimum atomic E-state index is 0.192. The first-order chi connectivity index (χ1) is 13.8. The molecule has 3 heterocycles. The van der Waals surface area contributed by atoms with Gasteiger partial charge >= 0.3 is 0 Å². The third-order valence-corrected chi connectivity index (χ3v) is 6.55. The predicted octanol–water partition coefficient (Wildman–Crippen LogP) is 4.92. The fraction of sp³-hybridized carbons (Fsp3) is 0.417. The quantitative estimate of drug-likeness (QED) is 0.760. The van der Waals surface area contributed by atoms with Gasteiger partial charge < -0.3 is 10.2 Å². The molecule has 2 aromatic rings. The molecule has 0 saturated carbocycles. The topological polar surface area (TPSA) is 45.2 Å². The number of anilines is 1. The van der Waals surface area contributed by atoms with E-state index in [1.54, 1.807) is 0 Å². The number of aromatic nitrogens is 1. The Bertz CT molecular complexity index is 884. The van der Waals surface area contributed by atoms with E-state index in [0.717, 1.165) is 43.6 Å². The lowest BCUT2D eigenvalue weighted by Gasteiger charge is -2.37. The second kappa shape index (κ2) is 7.42. The summed E-state index contributed by atoms with van der Waals surface area (Å²) < 4.78 is 0. The highest BCUT2D eigenvalue weighted by Crippen LogP contribution is 2.49. The van der Waals surface area contributed by atoms with Gasteiger partial charge in [0.25, 0.3) is 5.91 Å². The highest BCUT2D eigenvalue weighted by Gasteiger charge is 2.38. The lowest BCUT2D eigenvalue weighted by atomic mass is 9.77. The number of hydrogen-bond acceptors (Lipinski definition) is 3. The van der Waals surface area contributed by atoms with E-state index in [2.05, 4.69) is 40.7 Å². The first-order valence-corrected chi connectivity index (χ1v) is 10.6. The Morgan fingerprint density at radius 2 is 1.96 bits per heavy atom. The second-order valence-corrected chi connectivity index (χ2v) is 8.27. The molecule has 4 nitrogen and oxygen atoms in total. The third kappa shape index (κ3) is 3.11. The Morgan fingerprint density at radius 3 is 2.75 bits per heavy atom. The lowest BCUT2D eigenvalue weighted by Crippen LogP contribution is -2.33. The summed E-state index contributed by atoms with van der Waals surface area (Å²) in [5.41, 5.74) is 4.48. The molecule has 0 spiro atoms. The molecule has 1 saturated heterocycles. The Kier molecular flexibility index (Phi) is 4.63. The largest absolute Gasteiger partial charge is 0.378 e. The molecular weight excluding hydrogens is 346 g/mol. The first kappa shape index (κ1) is 17.5. The van der Waals surface area contributed by atoms with E-state index in [1.807, 2.05) is 29.4 Å². The van der Waals surface area contributed by atoms with Crippen LogP contribution in [0.5, 0.6) is 0 Å². The Morgan fingerprint density at radius 1 is 1.11 bits per heavy atom. The zero-order valence-electron chi connectivity index (χ0n) is 16.2. The van der Waals surface area contributed by atoms with Crippen molar-refractivity contribution in [3.63, 3.8) is 0 Å². The molecule has 5 rings (SSSR count). The number of fused-ring (bicyclic) bond motifs is 3. The molecule has 1 N–H and O–H groups in total. The van der Waals surface area contributed by atoms with Crippen LogP contribution in [0.2, 0.25) is 0 Å². The van der Waals surface area contributed by atoms with Crippen molar-refractivity contribution in [3.8, 4) is 0 Å². The van der Waals surface area contributed by atoms with Crippen LogP contribution in [-0.2, 0) is 0 Å². The minimum Gasteiger partial charge on any atom is -0.378 e. The van der Waals surface area contributed by atoms with E-state index in [9.17, 15) is 4.79 Å². The van der Waals surface area contributed by atoms with Gasteiger partial charge in [-0.3, -0.25) is 9.78 Å². The smallest absolute Gasteiger partial charge is 0.253 e. The Balaban J connectivity index is 1.46. The molecule has 28 heavy (non-hydrogen) atoms. The standard InChI is InChI=1S/C24H27N3O/c28-24(27-13-3-1-2-4-14-27)17-10-11-22-21(15-17)19-8-5-9-20(19)23(26-22)18-7-6-12-25-16-18/h5-8,10-12,15-16,19-20,23,26H,1-4,9,13-14H2. The van der Waals surface area contributed by atoms with Gasteiger partial charge in [0.1, 0.15) is 0 Å². The van der Waals surface area contributed by atoms with Crippen LogP contribution in [0.3, 0.4) is 0 Å². The van der Waals surface area contributed by atoms with Crippen LogP contribution in [0, 0.1) is 5.92 Å². The van der Waals surface area contributed by atoms with E-state index < -0.39 is 0 Å². The number of carbonyl (C=O) groups is 1. The zero-order chi connectivity index (χ0) is 18.9. The summed E-state index contributed by atoms with van der Waals surface area (Å²) in [7, 11) is 0. The first-order valence-electron chi connectivity index (χ1n) is 10.6.